The van der Waals surface area contributed by atoms with E-state index >= 15 is 0 Å². The fourth-order valence-corrected chi connectivity index (χ4v) is 4.06. The normalized spacial score (nSPS) is 23.4. The second-order valence-electron chi connectivity index (χ2n) is 8.67. The Balaban J connectivity index is 1.18. The Morgan fingerprint density at radius 1 is 1.20 bits per heavy atom. The second-order valence-corrected chi connectivity index (χ2v) is 8.67. The van der Waals surface area contributed by atoms with Gasteiger partial charge in [-0.2, -0.15) is 0 Å². The number of nitrogens with one attached hydrogen (secondary N) is 1. The van der Waals surface area contributed by atoms with Crippen LogP contribution in [0.4, 0.5) is 0 Å². The number of hydrogen-bond donors (Lipinski definition) is 1. The van der Waals surface area contributed by atoms with Crippen LogP contribution in [0.1, 0.15) is 50.5 Å². The van der Waals surface area contributed by atoms with Gasteiger partial charge >= 0.3 is 0 Å². The van der Waals surface area contributed by atoms with Crippen LogP contribution in [0.5, 0.6) is 5.88 Å². The molecule has 1 atom stereocenters. The highest BCUT2D eigenvalue weighted by atomic mass is 16.5. The summed E-state index contributed by atoms with van der Waals surface area (Å²) in [5, 5.41) is 3.49. The van der Waals surface area contributed by atoms with E-state index < -0.39 is 0 Å². The maximum atomic E-state index is 6.14. The van der Waals surface area contributed by atoms with Gasteiger partial charge in [-0.25, -0.2) is 4.98 Å². The molecule has 1 aromatic rings. The van der Waals surface area contributed by atoms with Gasteiger partial charge in [-0.1, -0.05) is 0 Å². The van der Waals surface area contributed by atoms with E-state index in [0.717, 1.165) is 75.5 Å². The van der Waals surface area contributed by atoms with Crippen molar-refractivity contribution < 1.29 is 14.2 Å². The summed E-state index contributed by atoms with van der Waals surface area (Å²) in [6.45, 7) is 5.05. The SMILES string of the molecule is CN=C(NCc1ccnc(OCC2CC2)c1)N1CCC(OCC2CCCCO2)CC1. The van der Waals surface area contributed by atoms with Crippen molar-refractivity contribution in [3.63, 3.8) is 0 Å². The molecule has 7 nitrogen and oxygen atoms in total. The van der Waals surface area contributed by atoms with E-state index in [2.05, 4.69) is 20.2 Å². The first-order valence-electron chi connectivity index (χ1n) is 11.6. The smallest absolute Gasteiger partial charge is 0.213 e. The van der Waals surface area contributed by atoms with Gasteiger partial charge in [0.15, 0.2) is 5.96 Å². The Labute approximate surface area is 180 Å². The lowest BCUT2D eigenvalue weighted by atomic mass is 10.1. The zero-order valence-corrected chi connectivity index (χ0v) is 18.2. The molecule has 166 valence electrons. The molecule has 7 heteroatoms. The molecule has 0 radical (unpaired) electrons. The molecule has 1 aromatic heterocycles. The number of ether oxygens (including phenoxy) is 3. The maximum absolute atomic E-state index is 6.14. The summed E-state index contributed by atoms with van der Waals surface area (Å²) in [5.41, 5.74) is 1.16. The van der Waals surface area contributed by atoms with Crippen LogP contribution in [0, 0.1) is 5.92 Å². The van der Waals surface area contributed by atoms with Crippen molar-refractivity contribution in [2.75, 3.05) is 40.0 Å². The van der Waals surface area contributed by atoms with E-state index in [0.29, 0.717) is 18.8 Å². The molecule has 1 unspecified atom stereocenters. The fraction of sp³-hybridized carbons (Fsp3) is 0.739. The summed E-state index contributed by atoms with van der Waals surface area (Å²) in [6, 6.07) is 4.05. The number of nitrogens with zero attached hydrogens (tertiary/aromatic N) is 3. The first kappa shape index (κ1) is 21.4. The molecule has 2 aliphatic heterocycles. The monoisotopic (exact) mass is 416 g/mol. The predicted octanol–water partition coefficient (Wildman–Crippen LogP) is 3.00. The summed E-state index contributed by atoms with van der Waals surface area (Å²) >= 11 is 0. The number of pyridine rings is 1. The Hall–Kier alpha value is -1.86. The van der Waals surface area contributed by atoms with E-state index in [1.807, 2.05) is 25.4 Å². The van der Waals surface area contributed by atoms with Crippen molar-refractivity contribution >= 4 is 5.96 Å². The Bertz CT molecular complexity index is 681. The first-order valence-corrected chi connectivity index (χ1v) is 11.6. The van der Waals surface area contributed by atoms with Gasteiger partial charge in [0.25, 0.3) is 0 Å². The van der Waals surface area contributed by atoms with E-state index in [9.17, 15) is 0 Å². The lowest BCUT2D eigenvalue weighted by molar-refractivity contribution is -0.0721. The molecule has 0 bridgehead atoms. The number of aromatic nitrogens is 1. The fourth-order valence-electron chi connectivity index (χ4n) is 4.06. The minimum absolute atomic E-state index is 0.296. The quantitative estimate of drug-likeness (QED) is 0.519. The number of hydrogen-bond acceptors (Lipinski definition) is 5. The van der Waals surface area contributed by atoms with Crippen LogP contribution in [-0.4, -0.2) is 68.0 Å². The van der Waals surface area contributed by atoms with E-state index in [1.54, 1.807) is 0 Å². The third-order valence-corrected chi connectivity index (χ3v) is 6.16. The lowest BCUT2D eigenvalue weighted by Crippen LogP contribution is -2.47. The van der Waals surface area contributed by atoms with Crippen LogP contribution in [0.3, 0.4) is 0 Å². The van der Waals surface area contributed by atoms with Crippen LogP contribution >= 0.6 is 0 Å². The van der Waals surface area contributed by atoms with E-state index in [-0.39, 0.29) is 0 Å². The molecule has 1 N–H and O–H groups in total. The number of aliphatic imine (C=N–C) groups is 1. The van der Waals surface area contributed by atoms with Gasteiger partial charge in [0.05, 0.1) is 25.4 Å². The molecule has 1 saturated carbocycles. The van der Waals surface area contributed by atoms with Gasteiger partial charge in [-0.05, 0) is 62.5 Å². The summed E-state index contributed by atoms with van der Waals surface area (Å²) in [7, 11) is 1.85. The van der Waals surface area contributed by atoms with Gasteiger partial charge in [0.2, 0.25) is 5.88 Å². The van der Waals surface area contributed by atoms with Crippen molar-refractivity contribution in [1.82, 2.24) is 15.2 Å². The molecular formula is C23H36N4O3. The third-order valence-electron chi connectivity index (χ3n) is 6.16. The summed E-state index contributed by atoms with van der Waals surface area (Å²) < 4.78 is 17.7. The van der Waals surface area contributed by atoms with Crippen LogP contribution < -0.4 is 10.1 Å². The minimum atomic E-state index is 0.296. The standard InChI is InChI=1S/C23H36N4O3/c1-24-23(26-15-19-7-10-25-22(14-19)30-16-18-5-6-18)27-11-8-20(9-12-27)29-17-21-4-2-3-13-28-21/h7,10,14,18,20-21H,2-6,8-9,11-13,15-17H2,1H3,(H,24,26). The molecule has 30 heavy (non-hydrogen) atoms. The van der Waals surface area contributed by atoms with Crippen molar-refractivity contribution in [3.05, 3.63) is 23.9 Å². The van der Waals surface area contributed by atoms with Gasteiger partial charge in [-0.3, -0.25) is 4.99 Å². The number of guanidine groups is 1. The van der Waals surface area contributed by atoms with Gasteiger partial charge in [-0.15, -0.1) is 0 Å². The molecule has 0 amide bonds. The van der Waals surface area contributed by atoms with Crippen molar-refractivity contribution in [2.24, 2.45) is 10.9 Å². The predicted molar refractivity (Wildman–Crippen MR) is 117 cm³/mol. The molecule has 0 spiro atoms. The molecule has 2 saturated heterocycles. The molecule has 0 aromatic carbocycles. The average Bonchev–Trinajstić information content (AvgIpc) is 3.63. The van der Waals surface area contributed by atoms with Crippen LogP contribution in [0.25, 0.3) is 0 Å². The number of likely N-dealkylation sites (tertiary alicyclic amines) is 1. The molecular weight excluding hydrogens is 380 g/mol. The summed E-state index contributed by atoms with van der Waals surface area (Å²) in [6.07, 6.45) is 10.7. The third kappa shape index (κ3) is 6.57. The highest BCUT2D eigenvalue weighted by Crippen LogP contribution is 2.29. The average molecular weight is 417 g/mol. The zero-order valence-electron chi connectivity index (χ0n) is 18.2. The Morgan fingerprint density at radius 2 is 2.07 bits per heavy atom. The molecule has 3 heterocycles. The summed E-state index contributed by atoms with van der Waals surface area (Å²) in [5.74, 6) is 2.40. The van der Waals surface area contributed by atoms with E-state index in [4.69, 9.17) is 14.2 Å². The van der Waals surface area contributed by atoms with Crippen molar-refractivity contribution in [3.8, 4) is 5.88 Å². The van der Waals surface area contributed by atoms with Crippen molar-refractivity contribution in [1.29, 1.82) is 0 Å². The van der Waals surface area contributed by atoms with Crippen LogP contribution in [0.2, 0.25) is 0 Å². The first-order chi connectivity index (χ1) is 14.8. The molecule has 4 rings (SSSR count). The van der Waals surface area contributed by atoms with E-state index in [1.165, 1.54) is 25.7 Å². The Morgan fingerprint density at radius 3 is 2.80 bits per heavy atom. The number of piperidine rings is 1. The molecule has 3 fully saturated rings. The zero-order chi connectivity index (χ0) is 20.6. The second kappa shape index (κ2) is 11.0. The molecule has 3 aliphatic rings. The maximum Gasteiger partial charge on any atom is 0.213 e. The Kier molecular flexibility index (Phi) is 7.81. The largest absolute Gasteiger partial charge is 0.477 e. The highest BCUT2D eigenvalue weighted by Gasteiger charge is 2.24. The van der Waals surface area contributed by atoms with Crippen LogP contribution in [0.15, 0.2) is 23.3 Å². The van der Waals surface area contributed by atoms with Crippen LogP contribution in [-0.2, 0) is 16.0 Å². The van der Waals surface area contributed by atoms with Gasteiger partial charge in [0.1, 0.15) is 0 Å². The summed E-state index contributed by atoms with van der Waals surface area (Å²) in [4.78, 5) is 11.1. The molecule has 1 aliphatic carbocycles. The minimum Gasteiger partial charge on any atom is -0.477 e. The van der Waals surface area contributed by atoms with Crippen molar-refractivity contribution in [2.45, 2.75) is 63.7 Å². The van der Waals surface area contributed by atoms with Gasteiger partial charge < -0.3 is 24.4 Å². The highest BCUT2D eigenvalue weighted by molar-refractivity contribution is 5.79. The lowest BCUT2D eigenvalue weighted by Gasteiger charge is -2.35. The van der Waals surface area contributed by atoms with Gasteiger partial charge in [0, 0.05) is 45.6 Å². The topological polar surface area (TPSA) is 68.2 Å². The number of rotatable bonds is 8.